The van der Waals surface area contributed by atoms with Gasteiger partial charge in [0.05, 0.1) is 0 Å². The highest BCUT2D eigenvalue weighted by molar-refractivity contribution is 5.54. The summed E-state index contributed by atoms with van der Waals surface area (Å²) in [5, 5.41) is 0. The van der Waals surface area contributed by atoms with Crippen LogP contribution in [0.3, 0.4) is 0 Å². The fraction of sp³-hybridized carbons (Fsp3) is 0.364. The van der Waals surface area contributed by atoms with Crippen molar-refractivity contribution in [3.63, 3.8) is 0 Å². The lowest BCUT2D eigenvalue weighted by Gasteiger charge is -1.90. The molecule has 0 rings (SSSR count). The highest BCUT2D eigenvalue weighted by Crippen LogP contribution is 2.01. The van der Waals surface area contributed by atoms with Crippen molar-refractivity contribution in [2.75, 3.05) is 0 Å². The van der Waals surface area contributed by atoms with E-state index in [0.717, 1.165) is 6.42 Å². The van der Waals surface area contributed by atoms with Gasteiger partial charge in [-0.3, -0.25) is 4.99 Å². The number of hydrogen-bond acceptors (Lipinski definition) is 1. The van der Waals surface area contributed by atoms with Crippen LogP contribution < -0.4 is 0 Å². The molecular formula is C11H15N. The van der Waals surface area contributed by atoms with Crippen LogP contribution in [-0.4, -0.2) is 6.21 Å². The molecule has 0 radical (unpaired) electrons. The zero-order valence-corrected chi connectivity index (χ0v) is 7.96. The average Bonchev–Trinajstić information content (AvgIpc) is 2.11. The van der Waals surface area contributed by atoms with E-state index in [2.05, 4.69) is 23.8 Å². The van der Waals surface area contributed by atoms with Crippen LogP contribution >= 0.6 is 0 Å². The van der Waals surface area contributed by atoms with Crippen LogP contribution in [-0.2, 0) is 0 Å². The molecule has 12 heavy (non-hydrogen) atoms. The summed E-state index contributed by atoms with van der Waals surface area (Å²) in [6.45, 7) is 5.82. The summed E-state index contributed by atoms with van der Waals surface area (Å²) in [6.07, 6.45) is 8.45. The van der Waals surface area contributed by atoms with Gasteiger partial charge in [0.15, 0.2) is 0 Å². The minimum Gasteiger partial charge on any atom is -0.269 e. The van der Waals surface area contributed by atoms with Gasteiger partial charge < -0.3 is 0 Å². The summed E-state index contributed by atoms with van der Waals surface area (Å²) < 4.78 is 0. The van der Waals surface area contributed by atoms with Crippen LogP contribution in [0.15, 0.2) is 28.9 Å². The second-order valence-electron chi connectivity index (χ2n) is 2.19. The molecule has 0 aliphatic carbocycles. The van der Waals surface area contributed by atoms with E-state index in [1.54, 1.807) is 6.21 Å². The molecule has 0 N–H and O–H groups in total. The van der Waals surface area contributed by atoms with E-state index in [1.807, 2.05) is 32.2 Å². The lowest BCUT2D eigenvalue weighted by Crippen LogP contribution is -1.72. The van der Waals surface area contributed by atoms with Gasteiger partial charge in [0, 0.05) is 12.4 Å². The Morgan fingerprint density at radius 3 is 2.75 bits per heavy atom. The maximum Gasteiger partial charge on any atom is 0.0295 e. The topological polar surface area (TPSA) is 12.4 Å². The summed E-state index contributed by atoms with van der Waals surface area (Å²) in [4.78, 5) is 4.04. The molecule has 0 saturated carbocycles. The molecule has 0 fully saturated rings. The fourth-order valence-electron chi connectivity index (χ4n) is 0.654. The Kier molecular flexibility index (Phi) is 6.97. The van der Waals surface area contributed by atoms with Crippen LogP contribution in [0, 0.1) is 11.8 Å². The first-order valence-corrected chi connectivity index (χ1v) is 4.10. The third-order valence-electron chi connectivity index (χ3n) is 1.32. The Morgan fingerprint density at radius 1 is 1.50 bits per heavy atom. The summed E-state index contributed by atoms with van der Waals surface area (Å²) in [6, 6.07) is 0. The van der Waals surface area contributed by atoms with Gasteiger partial charge in [-0.1, -0.05) is 12.8 Å². The molecule has 1 heteroatoms. The van der Waals surface area contributed by atoms with Crippen LogP contribution in [0.2, 0.25) is 0 Å². The van der Waals surface area contributed by atoms with Gasteiger partial charge in [-0.15, -0.1) is 5.92 Å². The van der Waals surface area contributed by atoms with Crippen molar-refractivity contribution in [3.8, 4) is 11.8 Å². The lowest BCUT2D eigenvalue weighted by molar-refractivity contribution is 1.14. The molecule has 0 aromatic rings. The van der Waals surface area contributed by atoms with E-state index in [4.69, 9.17) is 0 Å². The molecule has 0 aromatic carbocycles. The van der Waals surface area contributed by atoms with Gasteiger partial charge in [0.2, 0.25) is 0 Å². The van der Waals surface area contributed by atoms with E-state index >= 15 is 0 Å². The second kappa shape index (κ2) is 7.81. The molecular weight excluding hydrogens is 146 g/mol. The molecule has 1 nitrogen and oxygen atoms in total. The first kappa shape index (κ1) is 10.7. The molecule has 0 aliphatic rings. The molecule has 0 unspecified atom stereocenters. The average molecular weight is 161 g/mol. The van der Waals surface area contributed by atoms with E-state index in [-0.39, 0.29) is 0 Å². The molecule has 0 aromatic heterocycles. The smallest absolute Gasteiger partial charge is 0.0295 e. The van der Waals surface area contributed by atoms with Gasteiger partial charge in [0.1, 0.15) is 0 Å². The van der Waals surface area contributed by atoms with Gasteiger partial charge >= 0.3 is 0 Å². The van der Waals surface area contributed by atoms with Gasteiger partial charge in [-0.05, 0) is 38.0 Å². The molecule has 64 valence electrons. The highest BCUT2D eigenvalue weighted by atomic mass is 14.7. The molecule has 0 atom stereocenters. The number of allylic oxidation sites excluding steroid dienone is 3. The van der Waals surface area contributed by atoms with Crippen molar-refractivity contribution in [1.82, 2.24) is 0 Å². The monoisotopic (exact) mass is 161 g/mol. The predicted octanol–water partition coefficient (Wildman–Crippen LogP) is 2.95. The van der Waals surface area contributed by atoms with Gasteiger partial charge in [-0.2, -0.15) is 0 Å². The van der Waals surface area contributed by atoms with Crippen molar-refractivity contribution in [2.24, 2.45) is 4.99 Å². The summed E-state index contributed by atoms with van der Waals surface area (Å²) in [5.41, 5.74) is 1.19. The van der Waals surface area contributed by atoms with Crippen LogP contribution in [0.1, 0.15) is 27.2 Å². The maximum absolute atomic E-state index is 4.04. The van der Waals surface area contributed by atoms with Crippen molar-refractivity contribution in [1.29, 1.82) is 0 Å². The number of hydrogen-bond donors (Lipinski definition) is 0. The Bertz CT molecular complexity index is 246. The Labute approximate surface area is 74.9 Å². The zero-order chi connectivity index (χ0) is 9.23. The summed E-state index contributed by atoms with van der Waals surface area (Å²) in [7, 11) is 0. The first-order chi connectivity index (χ1) is 5.85. The number of nitrogens with zero attached hydrogens (tertiary/aromatic N) is 1. The molecule has 0 bridgehead atoms. The summed E-state index contributed by atoms with van der Waals surface area (Å²) in [5.74, 6) is 5.67. The van der Waals surface area contributed by atoms with Gasteiger partial charge in [-0.25, -0.2) is 0 Å². The lowest BCUT2D eigenvalue weighted by atomic mass is 10.2. The standard InChI is InChI=1S/C11H15N/c1-4-7-8-9-11(5-2)10-12-6-3/h6,8-10H,5H2,1-3H3/b9-8-,11-10-,12-6?. The van der Waals surface area contributed by atoms with Gasteiger partial charge in [0.25, 0.3) is 0 Å². The first-order valence-electron chi connectivity index (χ1n) is 4.10. The van der Waals surface area contributed by atoms with Crippen LogP contribution in [0.25, 0.3) is 0 Å². The highest BCUT2D eigenvalue weighted by Gasteiger charge is 1.83. The molecule has 0 aliphatic heterocycles. The summed E-state index contributed by atoms with van der Waals surface area (Å²) >= 11 is 0. The van der Waals surface area contributed by atoms with Crippen molar-refractivity contribution >= 4 is 6.21 Å². The van der Waals surface area contributed by atoms with Crippen LogP contribution in [0.5, 0.6) is 0 Å². The number of rotatable bonds is 3. The van der Waals surface area contributed by atoms with E-state index in [1.165, 1.54) is 5.57 Å². The Morgan fingerprint density at radius 2 is 2.25 bits per heavy atom. The van der Waals surface area contributed by atoms with Crippen molar-refractivity contribution < 1.29 is 0 Å². The second-order valence-corrected chi connectivity index (χ2v) is 2.19. The largest absolute Gasteiger partial charge is 0.269 e. The fourth-order valence-corrected chi connectivity index (χ4v) is 0.654. The quantitative estimate of drug-likeness (QED) is 0.343. The minimum absolute atomic E-state index is 0.985. The number of aliphatic imine (C=N–C) groups is 1. The third kappa shape index (κ3) is 5.49. The third-order valence-corrected chi connectivity index (χ3v) is 1.32. The van der Waals surface area contributed by atoms with Crippen molar-refractivity contribution in [3.05, 3.63) is 23.9 Å². The van der Waals surface area contributed by atoms with Crippen LogP contribution in [0.4, 0.5) is 0 Å². The van der Waals surface area contributed by atoms with E-state index < -0.39 is 0 Å². The van der Waals surface area contributed by atoms with Crippen molar-refractivity contribution in [2.45, 2.75) is 27.2 Å². The normalized spacial score (nSPS) is 12.1. The molecule has 0 spiro atoms. The SMILES string of the molecule is CC#C/C=C\C(=C/N=CC)CC. The minimum atomic E-state index is 0.985. The molecule has 0 saturated heterocycles. The van der Waals surface area contributed by atoms with E-state index in [9.17, 15) is 0 Å². The predicted molar refractivity (Wildman–Crippen MR) is 55.1 cm³/mol. The maximum atomic E-state index is 4.04. The molecule has 0 heterocycles. The Hall–Kier alpha value is -1.29. The Balaban J connectivity index is 4.22. The molecule has 0 amide bonds. The zero-order valence-electron chi connectivity index (χ0n) is 7.96. The van der Waals surface area contributed by atoms with E-state index in [0.29, 0.717) is 0 Å².